The molecular formula is C15H11NO3S. The Morgan fingerprint density at radius 2 is 1.45 bits per heavy atom. The molecule has 0 aliphatic rings. The van der Waals surface area contributed by atoms with Crippen molar-refractivity contribution < 1.29 is 12.9 Å². The third-order valence-corrected chi connectivity index (χ3v) is 4.68. The molecule has 3 rings (SSSR count). The molecule has 0 amide bonds. The van der Waals surface area contributed by atoms with Crippen LogP contribution in [0.1, 0.15) is 0 Å². The zero-order valence-corrected chi connectivity index (χ0v) is 11.2. The average Bonchev–Trinajstić information content (AvgIpc) is 2.99. The van der Waals surface area contributed by atoms with Gasteiger partial charge in [-0.1, -0.05) is 53.7 Å². The summed E-state index contributed by atoms with van der Waals surface area (Å²) < 4.78 is 30.3. The standard InChI is InChI=1S/C15H11NO3S/c17-20(18,13-9-5-2-6-10-13)14-11-16-19-15(14)12-7-3-1-4-8-12/h1-11H. The minimum atomic E-state index is -3.63. The van der Waals surface area contributed by atoms with E-state index in [-0.39, 0.29) is 15.6 Å². The zero-order chi connectivity index (χ0) is 14.0. The predicted molar refractivity (Wildman–Crippen MR) is 73.8 cm³/mol. The molecule has 0 fully saturated rings. The van der Waals surface area contributed by atoms with Crippen LogP contribution in [0, 0.1) is 0 Å². The largest absolute Gasteiger partial charge is 0.355 e. The lowest BCUT2D eigenvalue weighted by Crippen LogP contribution is -2.01. The molecule has 100 valence electrons. The van der Waals surface area contributed by atoms with E-state index in [0.717, 1.165) is 0 Å². The second-order valence-corrected chi connectivity index (χ2v) is 6.12. The molecule has 0 radical (unpaired) electrons. The number of benzene rings is 2. The van der Waals surface area contributed by atoms with Crippen molar-refractivity contribution in [1.29, 1.82) is 0 Å². The van der Waals surface area contributed by atoms with E-state index in [2.05, 4.69) is 5.16 Å². The van der Waals surface area contributed by atoms with E-state index in [1.807, 2.05) is 18.2 Å². The van der Waals surface area contributed by atoms with Gasteiger partial charge in [-0.2, -0.15) is 0 Å². The highest BCUT2D eigenvalue weighted by molar-refractivity contribution is 7.91. The summed E-state index contributed by atoms with van der Waals surface area (Å²) >= 11 is 0. The van der Waals surface area contributed by atoms with Crippen molar-refractivity contribution in [2.45, 2.75) is 9.79 Å². The quantitative estimate of drug-likeness (QED) is 0.741. The molecular weight excluding hydrogens is 274 g/mol. The molecule has 20 heavy (non-hydrogen) atoms. The summed E-state index contributed by atoms with van der Waals surface area (Å²) in [7, 11) is -3.63. The minimum Gasteiger partial charge on any atom is -0.355 e. The Morgan fingerprint density at radius 3 is 2.10 bits per heavy atom. The molecule has 0 spiro atoms. The van der Waals surface area contributed by atoms with Crippen LogP contribution in [-0.2, 0) is 9.84 Å². The van der Waals surface area contributed by atoms with Crippen molar-refractivity contribution in [1.82, 2.24) is 5.16 Å². The lowest BCUT2D eigenvalue weighted by atomic mass is 10.2. The Labute approximate surface area is 116 Å². The Morgan fingerprint density at radius 1 is 0.850 bits per heavy atom. The highest BCUT2D eigenvalue weighted by atomic mass is 32.2. The van der Waals surface area contributed by atoms with Crippen molar-refractivity contribution in [2.24, 2.45) is 0 Å². The fourth-order valence-electron chi connectivity index (χ4n) is 1.93. The maximum Gasteiger partial charge on any atom is 0.212 e. The van der Waals surface area contributed by atoms with E-state index in [1.165, 1.54) is 6.20 Å². The van der Waals surface area contributed by atoms with Crippen LogP contribution in [0.4, 0.5) is 0 Å². The Kier molecular flexibility index (Phi) is 3.12. The van der Waals surface area contributed by atoms with E-state index in [1.54, 1.807) is 42.5 Å². The SMILES string of the molecule is O=S(=O)(c1ccccc1)c1cnoc1-c1ccccc1. The molecule has 0 N–H and O–H groups in total. The summed E-state index contributed by atoms with van der Waals surface area (Å²) in [5.74, 6) is 0.259. The number of hydrogen-bond donors (Lipinski definition) is 0. The van der Waals surface area contributed by atoms with Crippen molar-refractivity contribution in [2.75, 3.05) is 0 Å². The first-order chi connectivity index (χ1) is 9.69. The van der Waals surface area contributed by atoms with Gasteiger partial charge < -0.3 is 4.52 Å². The van der Waals surface area contributed by atoms with Gasteiger partial charge in [-0.05, 0) is 12.1 Å². The van der Waals surface area contributed by atoms with Gasteiger partial charge in [-0.25, -0.2) is 8.42 Å². The molecule has 0 saturated heterocycles. The highest BCUT2D eigenvalue weighted by Gasteiger charge is 2.25. The molecule has 1 aromatic heterocycles. The molecule has 0 unspecified atom stereocenters. The maximum atomic E-state index is 12.6. The van der Waals surface area contributed by atoms with Gasteiger partial charge in [0, 0.05) is 5.56 Å². The molecule has 0 aliphatic heterocycles. The second-order valence-electron chi connectivity index (χ2n) is 4.20. The van der Waals surface area contributed by atoms with Gasteiger partial charge in [-0.15, -0.1) is 0 Å². The first kappa shape index (κ1) is 12.6. The molecule has 0 bridgehead atoms. The van der Waals surface area contributed by atoms with E-state index >= 15 is 0 Å². The minimum absolute atomic E-state index is 0.0786. The number of aromatic nitrogens is 1. The topological polar surface area (TPSA) is 60.2 Å². The van der Waals surface area contributed by atoms with Gasteiger partial charge in [0.25, 0.3) is 0 Å². The number of nitrogens with zero attached hydrogens (tertiary/aromatic N) is 1. The van der Waals surface area contributed by atoms with Crippen molar-refractivity contribution in [3.8, 4) is 11.3 Å². The van der Waals surface area contributed by atoms with Crippen LogP contribution >= 0.6 is 0 Å². The van der Waals surface area contributed by atoms with Crippen LogP contribution < -0.4 is 0 Å². The van der Waals surface area contributed by atoms with Gasteiger partial charge >= 0.3 is 0 Å². The number of rotatable bonds is 3. The lowest BCUT2D eigenvalue weighted by Gasteiger charge is -2.03. The molecule has 1 heterocycles. The number of hydrogen-bond acceptors (Lipinski definition) is 4. The summed E-state index contributed by atoms with van der Waals surface area (Å²) in [6.45, 7) is 0. The van der Waals surface area contributed by atoms with Gasteiger partial charge in [0.05, 0.1) is 11.1 Å². The highest BCUT2D eigenvalue weighted by Crippen LogP contribution is 2.30. The number of sulfone groups is 1. The average molecular weight is 285 g/mol. The molecule has 2 aromatic carbocycles. The summed E-state index contributed by atoms with van der Waals surface area (Å²) in [5.41, 5.74) is 0.680. The first-order valence-corrected chi connectivity index (χ1v) is 7.48. The third kappa shape index (κ3) is 2.12. The van der Waals surface area contributed by atoms with Crippen LogP contribution in [0.5, 0.6) is 0 Å². The van der Waals surface area contributed by atoms with Crippen LogP contribution in [0.2, 0.25) is 0 Å². The van der Waals surface area contributed by atoms with Gasteiger partial charge in [0.1, 0.15) is 4.90 Å². The molecule has 4 nitrogen and oxygen atoms in total. The monoisotopic (exact) mass is 285 g/mol. The second kappa shape index (κ2) is 4.94. The Hall–Kier alpha value is -2.40. The van der Waals surface area contributed by atoms with E-state index in [9.17, 15) is 8.42 Å². The Bertz CT molecular complexity index is 809. The predicted octanol–water partition coefficient (Wildman–Crippen LogP) is 3.17. The van der Waals surface area contributed by atoms with Crippen LogP contribution in [-0.4, -0.2) is 13.6 Å². The molecule has 0 saturated carbocycles. The summed E-state index contributed by atoms with van der Waals surface area (Å²) in [6.07, 6.45) is 1.24. The van der Waals surface area contributed by atoms with Gasteiger partial charge in [0.15, 0.2) is 5.76 Å². The third-order valence-electron chi connectivity index (χ3n) is 2.92. The molecule has 5 heteroatoms. The summed E-state index contributed by atoms with van der Waals surface area (Å²) in [6, 6.07) is 17.3. The molecule has 0 aliphatic carbocycles. The molecule has 3 aromatic rings. The lowest BCUT2D eigenvalue weighted by molar-refractivity contribution is 0.430. The molecule has 0 atom stereocenters. The summed E-state index contributed by atoms with van der Waals surface area (Å²) in [4.78, 5) is 0.301. The van der Waals surface area contributed by atoms with Gasteiger partial charge in [-0.3, -0.25) is 0 Å². The smallest absolute Gasteiger partial charge is 0.212 e. The fraction of sp³-hybridized carbons (Fsp3) is 0. The maximum absolute atomic E-state index is 12.6. The normalized spacial score (nSPS) is 11.4. The Balaban J connectivity index is 2.16. The van der Waals surface area contributed by atoms with Crippen LogP contribution in [0.3, 0.4) is 0 Å². The fourth-order valence-corrected chi connectivity index (χ4v) is 3.28. The van der Waals surface area contributed by atoms with E-state index < -0.39 is 9.84 Å². The van der Waals surface area contributed by atoms with E-state index in [0.29, 0.717) is 5.56 Å². The van der Waals surface area contributed by atoms with E-state index in [4.69, 9.17) is 4.52 Å². The zero-order valence-electron chi connectivity index (χ0n) is 10.4. The van der Waals surface area contributed by atoms with Gasteiger partial charge in [0.2, 0.25) is 9.84 Å². The van der Waals surface area contributed by atoms with Crippen LogP contribution in [0.25, 0.3) is 11.3 Å². The first-order valence-electron chi connectivity index (χ1n) is 6.00. The van der Waals surface area contributed by atoms with Crippen molar-refractivity contribution in [3.63, 3.8) is 0 Å². The van der Waals surface area contributed by atoms with Crippen molar-refractivity contribution in [3.05, 3.63) is 66.9 Å². The summed E-state index contributed by atoms with van der Waals surface area (Å²) in [5, 5.41) is 3.64. The van der Waals surface area contributed by atoms with Crippen molar-refractivity contribution >= 4 is 9.84 Å². The van der Waals surface area contributed by atoms with Crippen LogP contribution in [0.15, 0.2) is 81.2 Å².